The van der Waals surface area contributed by atoms with Crippen LogP contribution in [-0.2, 0) is 28.5 Å². The second-order valence-corrected chi connectivity index (χ2v) is 12.9. The van der Waals surface area contributed by atoms with Crippen molar-refractivity contribution >= 4 is 5.97 Å². The first-order valence-electron chi connectivity index (χ1n) is 15.2. The zero-order chi connectivity index (χ0) is 29.8. The third-order valence-electron chi connectivity index (χ3n) is 8.48. The lowest BCUT2D eigenvalue weighted by Gasteiger charge is -2.47. The first-order chi connectivity index (χ1) is 17.5. The van der Waals surface area contributed by atoms with Crippen molar-refractivity contribution in [2.75, 3.05) is 33.0 Å². The minimum Gasteiger partial charge on any atom is -0.463 e. The van der Waals surface area contributed by atoms with Crippen molar-refractivity contribution in [1.29, 1.82) is 0 Å². The van der Waals surface area contributed by atoms with Crippen LogP contribution in [-0.4, -0.2) is 62.4 Å². The third-order valence-corrected chi connectivity index (χ3v) is 8.48. The first-order valence-corrected chi connectivity index (χ1v) is 15.2. The van der Waals surface area contributed by atoms with Crippen LogP contribution in [0.4, 0.5) is 0 Å². The van der Waals surface area contributed by atoms with E-state index in [4.69, 9.17) is 23.7 Å². The second-order valence-electron chi connectivity index (χ2n) is 12.9. The predicted molar refractivity (Wildman–Crippen MR) is 158 cm³/mol. The van der Waals surface area contributed by atoms with Crippen molar-refractivity contribution in [3.8, 4) is 0 Å². The molecule has 0 heterocycles. The number of hydrogen-bond acceptors (Lipinski definition) is 6. The van der Waals surface area contributed by atoms with Crippen LogP contribution < -0.4 is 0 Å². The van der Waals surface area contributed by atoms with Crippen LogP contribution in [0.3, 0.4) is 0 Å². The van der Waals surface area contributed by atoms with Crippen molar-refractivity contribution in [3.05, 3.63) is 0 Å². The van der Waals surface area contributed by atoms with Gasteiger partial charge in [0.1, 0.15) is 0 Å². The van der Waals surface area contributed by atoms with Crippen molar-refractivity contribution < 1.29 is 28.5 Å². The monoisotopic (exact) mass is 544 g/mol. The molecule has 0 radical (unpaired) electrons. The second kappa shape index (κ2) is 16.5. The Labute approximate surface area is 236 Å². The molecule has 6 heteroatoms. The Bertz CT molecular complexity index is 655. The Morgan fingerprint density at radius 3 is 1.68 bits per heavy atom. The van der Waals surface area contributed by atoms with Gasteiger partial charge in [-0.3, -0.25) is 0 Å². The van der Waals surface area contributed by atoms with Gasteiger partial charge in [-0.2, -0.15) is 0 Å². The molecule has 0 saturated heterocycles. The summed E-state index contributed by atoms with van der Waals surface area (Å²) in [6.07, 6.45) is 2.69. The molecule has 0 aliphatic heterocycles. The quantitative estimate of drug-likeness (QED) is 0.145. The zero-order valence-electron chi connectivity index (χ0n) is 27.6. The van der Waals surface area contributed by atoms with Gasteiger partial charge in [-0.1, -0.05) is 62.3 Å². The average Bonchev–Trinajstić information content (AvgIpc) is 2.82. The van der Waals surface area contributed by atoms with E-state index >= 15 is 0 Å². The fourth-order valence-corrected chi connectivity index (χ4v) is 5.35. The molecule has 0 aromatic carbocycles. The highest BCUT2D eigenvalue weighted by molar-refractivity contribution is 5.81. The first kappa shape index (κ1) is 37.3. The van der Waals surface area contributed by atoms with Gasteiger partial charge in [-0.15, -0.1) is 0 Å². The lowest BCUT2D eigenvalue weighted by Crippen LogP contribution is -2.58. The lowest BCUT2D eigenvalue weighted by atomic mass is 9.67. The number of esters is 1. The molecule has 0 fully saturated rings. The number of ether oxygens (including phenoxy) is 5. The summed E-state index contributed by atoms with van der Waals surface area (Å²) in [5.41, 5.74) is -2.23. The molecule has 0 saturated carbocycles. The maximum atomic E-state index is 14.2. The molecule has 0 N–H and O–H groups in total. The molecule has 0 spiro atoms. The molecule has 5 atom stereocenters. The zero-order valence-corrected chi connectivity index (χ0v) is 27.6. The maximum absolute atomic E-state index is 14.2. The van der Waals surface area contributed by atoms with E-state index in [2.05, 4.69) is 69.2 Å². The number of hydrogen-bond donors (Lipinski definition) is 0. The predicted octanol–water partition coefficient (Wildman–Crippen LogP) is 7.86. The molecule has 228 valence electrons. The topological polar surface area (TPSA) is 63.2 Å². The Kier molecular flexibility index (Phi) is 16.2. The van der Waals surface area contributed by atoms with E-state index in [1.165, 1.54) is 0 Å². The Balaban J connectivity index is 6.30. The fraction of sp³-hybridized carbons (Fsp3) is 0.969. The number of carbonyl (C=O) groups excluding carboxylic acids is 1. The highest BCUT2D eigenvalue weighted by Crippen LogP contribution is 2.45. The van der Waals surface area contributed by atoms with Gasteiger partial charge in [-0.05, 0) is 58.8 Å². The van der Waals surface area contributed by atoms with E-state index in [1.54, 1.807) is 0 Å². The van der Waals surface area contributed by atoms with Crippen molar-refractivity contribution in [2.45, 2.75) is 146 Å². The average molecular weight is 545 g/mol. The van der Waals surface area contributed by atoms with Crippen molar-refractivity contribution in [2.24, 2.45) is 22.7 Å². The van der Waals surface area contributed by atoms with Crippen LogP contribution in [0.15, 0.2) is 0 Å². The summed E-state index contributed by atoms with van der Waals surface area (Å²) in [6, 6.07) is 0. The summed E-state index contributed by atoms with van der Waals surface area (Å²) >= 11 is 0. The summed E-state index contributed by atoms with van der Waals surface area (Å²) in [7, 11) is 0. The summed E-state index contributed by atoms with van der Waals surface area (Å²) < 4.78 is 31.4. The van der Waals surface area contributed by atoms with Gasteiger partial charge >= 0.3 is 5.97 Å². The molecule has 6 nitrogen and oxygen atoms in total. The lowest BCUT2D eigenvalue weighted by molar-refractivity contribution is -0.208. The minimum atomic E-state index is -1.13. The van der Waals surface area contributed by atoms with E-state index in [1.807, 2.05) is 27.7 Å². The van der Waals surface area contributed by atoms with Crippen LogP contribution in [0.5, 0.6) is 0 Å². The van der Waals surface area contributed by atoms with Gasteiger partial charge in [0.25, 0.3) is 0 Å². The molecule has 0 aromatic heterocycles. The molecule has 0 aromatic rings. The van der Waals surface area contributed by atoms with E-state index < -0.39 is 16.6 Å². The van der Waals surface area contributed by atoms with E-state index in [-0.39, 0.29) is 36.1 Å². The molecule has 0 aliphatic rings. The molecule has 0 aliphatic carbocycles. The summed E-state index contributed by atoms with van der Waals surface area (Å²) in [5, 5.41) is 0. The minimum absolute atomic E-state index is 0.0162. The summed E-state index contributed by atoms with van der Waals surface area (Å²) in [6.45, 7) is 31.9. The Hall–Kier alpha value is -0.690. The van der Waals surface area contributed by atoms with Gasteiger partial charge in [0.05, 0.1) is 24.4 Å². The van der Waals surface area contributed by atoms with Crippen LogP contribution in [0, 0.1) is 22.7 Å². The molecule has 0 rings (SSSR count). The van der Waals surface area contributed by atoms with E-state index in [0.29, 0.717) is 38.8 Å². The third kappa shape index (κ3) is 10.1. The van der Waals surface area contributed by atoms with Crippen molar-refractivity contribution in [3.63, 3.8) is 0 Å². The normalized spacial score (nSPS) is 18.5. The fourth-order valence-electron chi connectivity index (χ4n) is 5.35. The van der Waals surface area contributed by atoms with Crippen LogP contribution in [0.25, 0.3) is 0 Å². The number of rotatable bonds is 20. The SMILES string of the molecule is CCOC(CC(C)(OCC)C(CC)COC(=O)C(CC(OCC)C(C)(C)C)(OCC)C(C)(C)CC)C(C)C. The summed E-state index contributed by atoms with van der Waals surface area (Å²) in [4.78, 5) is 14.2. The standard InChI is InChI=1S/C32H64O6/c1-15-25(31(14,37-19-5)21-26(24(7)8)34-17-3)23-36-28(33)32(38-20-6,30(12,13)16-2)22-27(35-18-4)29(9,10)11/h24-27H,15-23H2,1-14H3. The largest absolute Gasteiger partial charge is 0.463 e. The highest BCUT2D eigenvalue weighted by Gasteiger charge is 2.55. The molecule has 38 heavy (non-hydrogen) atoms. The summed E-state index contributed by atoms with van der Waals surface area (Å²) in [5.74, 6) is 0.0730. The molecular weight excluding hydrogens is 480 g/mol. The molecule has 5 unspecified atom stereocenters. The van der Waals surface area contributed by atoms with Crippen LogP contribution in [0.1, 0.15) is 123 Å². The van der Waals surface area contributed by atoms with Crippen LogP contribution >= 0.6 is 0 Å². The van der Waals surface area contributed by atoms with Crippen LogP contribution in [0.2, 0.25) is 0 Å². The van der Waals surface area contributed by atoms with Gasteiger partial charge in [0, 0.05) is 50.6 Å². The maximum Gasteiger partial charge on any atom is 0.339 e. The smallest absolute Gasteiger partial charge is 0.339 e. The Morgan fingerprint density at radius 2 is 1.29 bits per heavy atom. The van der Waals surface area contributed by atoms with Gasteiger partial charge < -0.3 is 23.7 Å². The van der Waals surface area contributed by atoms with Gasteiger partial charge in [-0.25, -0.2) is 4.79 Å². The van der Waals surface area contributed by atoms with Gasteiger partial charge in [0.2, 0.25) is 0 Å². The molecule has 0 amide bonds. The molecular formula is C32H64O6. The van der Waals surface area contributed by atoms with Gasteiger partial charge in [0.15, 0.2) is 5.60 Å². The Morgan fingerprint density at radius 1 is 0.737 bits per heavy atom. The van der Waals surface area contributed by atoms with E-state index in [0.717, 1.165) is 19.3 Å². The van der Waals surface area contributed by atoms with Crippen molar-refractivity contribution in [1.82, 2.24) is 0 Å². The van der Waals surface area contributed by atoms with E-state index in [9.17, 15) is 4.79 Å². The molecule has 0 bridgehead atoms. The highest BCUT2D eigenvalue weighted by atomic mass is 16.6. The number of carbonyl (C=O) groups is 1.